The topological polar surface area (TPSA) is 54.0 Å². The molecular formula is C18H17BrO5. The van der Waals surface area contributed by atoms with Gasteiger partial charge in [0.15, 0.2) is 12.1 Å². The van der Waals surface area contributed by atoms with Crippen LogP contribution in [-0.4, -0.2) is 33.2 Å². The zero-order valence-corrected chi connectivity index (χ0v) is 15.0. The second-order valence-corrected chi connectivity index (χ2v) is 5.98. The average molecular weight is 393 g/mol. The second kappa shape index (κ2) is 7.34. The molecule has 1 fully saturated rings. The van der Waals surface area contributed by atoms with Gasteiger partial charge in [-0.05, 0) is 28.1 Å². The molecule has 0 amide bonds. The smallest absolute Gasteiger partial charge is 0.196 e. The van der Waals surface area contributed by atoms with Gasteiger partial charge in [-0.15, -0.1) is 0 Å². The number of halogens is 1. The SMILES string of the molecule is COc1ccc(C(=O)c2ccc(C3OCCO3)cc2)c(OC)c1Br. The van der Waals surface area contributed by atoms with Crippen molar-refractivity contribution in [1.82, 2.24) is 0 Å². The van der Waals surface area contributed by atoms with Gasteiger partial charge in [0.25, 0.3) is 0 Å². The second-order valence-electron chi connectivity index (χ2n) is 5.19. The first kappa shape index (κ1) is 17.0. The number of hydrogen-bond donors (Lipinski definition) is 0. The molecule has 1 aliphatic rings. The standard InChI is InChI=1S/C18H17BrO5/c1-21-14-8-7-13(17(22-2)15(14)19)16(20)11-3-5-12(6-4-11)18-23-9-10-24-18/h3-8,18H,9-10H2,1-2H3. The van der Waals surface area contributed by atoms with E-state index in [4.69, 9.17) is 18.9 Å². The fraction of sp³-hybridized carbons (Fsp3) is 0.278. The minimum atomic E-state index is -0.348. The third-order valence-electron chi connectivity index (χ3n) is 3.80. The van der Waals surface area contributed by atoms with Gasteiger partial charge in [-0.25, -0.2) is 0 Å². The first-order valence-electron chi connectivity index (χ1n) is 7.44. The van der Waals surface area contributed by atoms with Gasteiger partial charge in [0.1, 0.15) is 16.0 Å². The summed E-state index contributed by atoms with van der Waals surface area (Å²) in [6.45, 7) is 1.17. The molecule has 126 valence electrons. The van der Waals surface area contributed by atoms with Crippen molar-refractivity contribution in [3.8, 4) is 11.5 Å². The molecular weight excluding hydrogens is 376 g/mol. The number of benzene rings is 2. The summed E-state index contributed by atoms with van der Waals surface area (Å²) in [5.41, 5.74) is 1.92. The van der Waals surface area contributed by atoms with Crippen molar-refractivity contribution in [2.75, 3.05) is 27.4 Å². The fourth-order valence-electron chi connectivity index (χ4n) is 2.57. The van der Waals surface area contributed by atoms with Crippen LogP contribution >= 0.6 is 15.9 Å². The Bertz CT molecular complexity index is 736. The van der Waals surface area contributed by atoms with Crippen LogP contribution in [0.15, 0.2) is 40.9 Å². The van der Waals surface area contributed by atoms with Crippen LogP contribution in [0, 0.1) is 0 Å². The summed E-state index contributed by atoms with van der Waals surface area (Å²) in [7, 11) is 3.08. The molecule has 24 heavy (non-hydrogen) atoms. The molecule has 0 N–H and O–H groups in total. The molecule has 0 spiro atoms. The number of ketones is 1. The molecule has 0 radical (unpaired) electrons. The molecule has 1 aliphatic heterocycles. The predicted octanol–water partition coefficient (Wildman–Crippen LogP) is 3.74. The molecule has 0 atom stereocenters. The quantitative estimate of drug-likeness (QED) is 0.725. The normalized spacial score (nSPS) is 14.6. The van der Waals surface area contributed by atoms with Crippen molar-refractivity contribution in [2.24, 2.45) is 0 Å². The Morgan fingerprint density at radius 2 is 1.71 bits per heavy atom. The molecule has 2 aromatic rings. The maximum Gasteiger partial charge on any atom is 0.196 e. The number of hydrogen-bond acceptors (Lipinski definition) is 5. The molecule has 1 saturated heterocycles. The minimum absolute atomic E-state index is 0.130. The van der Waals surface area contributed by atoms with Crippen LogP contribution in [0.25, 0.3) is 0 Å². The van der Waals surface area contributed by atoms with Gasteiger partial charge in [-0.2, -0.15) is 0 Å². The summed E-state index contributed by atoms with van der Waals surface area (Å²) < 4.78 is 22.1. The highest BCUT2D eigenvalue weighted by molar-refractivity contribution is 9.10. The van der Waals surface area contributed by atoms with Gasteiger partial charge in [-0.1, -0.05) is 24.3 Å². The Morgan fingerprint density at radius 3 is 2.29 bits per heavy atom. The summed E-state index contributed by atoms with van der Waals surface area (Å²) in [5, 5.41) is 0. The van der Waals surface area contributed by atoms with Gasteiger partial charge in [0.2, 0.25) is 0 Å². The van der Waals surface area contributed by atoms with Crippen LogP contribution in [0.2, 0.25) is 0 Å². The molecule has 3 rings (SSSR count). The minimum Gasteiger partial charge on any atom is -0.495 e. The summed E-state index contributed by atoms with van der Waals surface area (Å²) in [4.78, 5) is 12.8. The zero-order valence-electron chi connectivity index (χ0n) is 13.4. The van der Waals surface area contributed by atoms with Crippen molar-refractivity contribution >= 4 is 21.7 Å². The predicted molar refractivity (Wildman–Crippen MR) is 91.8 cm³/mol. The highest BCUT2D eigenvalue weighted by Crippen LogP contribution is 2.38. The van der Waals surface area contributed by atoms with Crippen molar-refractivity contribution in [1.29, 1.82) is 0 Å². The molecule has 0 bridgehead atoms. The van der Waals surface area contributed by atoms with E-state index in [2.05, 4.69) is 15.9 Å². The average Bonchev–Trinajstić information content (AvgIpc) is 3.15. The molecule has 0 aliphatic carbocycles. The van der Waals surface area contributed by atoms with Crippen molar-refractivity contribution < 1.29 is 23.7 Å². The van der Waals surface area contributed by atoms with Crippen molar-refractivity contribution in [2.45, 2.75) is 6.29 Å². The lowest BCUT2D eigenvalue weighted by atomic mass is 10.0. The molecule has 2 aromatic carbocycles. The molecule has 0 aromatic heterocycles. The van der Waals surface area contributed by atoms with Gasteiger partial charge < -0.3 is 18.9 Å². The Morgan fingerprint density at radius 1 is 1.04 bits per heavy atom. The third-order valence-corrected chi connectivity index (χ3v) is 4.55. The Kier molecular flexibility index (Phi) is 5.18. The van der Waals surface area contributed by atoms with E-state index in [1.165, 1.54) is 7.11 Å². The lowest BCUT2D eigenvalue weighted by Gasteiger charge is -2.13. The van der Waals surface area contributed by atoms with Gasteiger partial charge in [0.05, 0.1) is 33.0 Å². The van der Waals surface area contributed by atoms with Crippen molar-refractivity contribution in [3.63, 3.8) is 0 Å². The van der Waals surface area contributed by atoms with E-state index in [0.29, 0.717) is 40.3 Å². The fourth-order valence-corrected chi connectivity index (χ4v) is 3.24. The monoisotopic (exact) mass is 392 g/mol. The van der Waals surface area contributed by atoms with Crippen LogP contribution in [-0.2, 0) is 9.47 Å². The van der Waals surface area contributed by atoms with E-state index in [-0.39, 0.29) is 12.1 Å². The Labute approximate surface area is 148 Å². The first-order valence-corrected chi connectivity index (χ1v) is 8.23. The summed E-state index contributed by atoms with van der Waals surface area (Å²) in [5.74, 6) is 0.926. The van der Waals surface area contributed by atoms with Gasteiger partial charge >= 0.3 is 0 Å². The Hall–Kier alpha value is -1.89. The number of carbonyl (C=O) groups is 1. The van der Waals surface area contributed by atoms with E-state index in [1.807, 2.05) is 12.1 Å². The maximum absolute atomic E-state index is 12.8. The molecule has 0 unspecified atom stereocenters. The molecule has 0 saturated carbocycles. The largest absolute Gasteiger partial charge is 0.495 e. The number of ether oxygens (including phenoxy) is 4. The van der Waals surface area contributed by atoms with E-state index < -0.39 is 0 Å². The highest BCUT2D eigenvalue weighted by atomic mass is 79.9. The van der Waals surface area contributed by atoms with Crippen LogP contribution in [0.3, 0.4) is 0 Å². The van der Waals surface area contributed by atoms with Gasteiger partial charge in [-0.3, -0.25) is 4.79 Å². The molecule has 1 heterocycles. The summed E-state index contributed by atoms with van der Waals surface area (Å²) >= 11 is 3.41. The van der Waals surface area contributed by atoms with E-state index in [0.717, 1.165) is 5.56 Å². The highest BCUT2D eigenvalue weighted by Gasteiger charge is 2.21. The summed E-state index contributed by atoms with van der Waals surface area (Å²) in [6.07, 6.45) is -0.348. The lowest BCUT2D eigenvalue weighted by molar-refractivity contribution is -0.0441. The zero-order chi connectivity index (χ0) is 17.1. The van der Waals surface area contributed by atoms with E-state index in [1.54, 1.807) is 31.4 Å². The van der Waals surface area contributed by atoms with Crippen LogP contribution < -0.4 is 9.47 Å². The van der Waals surface area contributed by atoms with E-state index >= 15 is 0 Å². The molecule has 5 nitrogen and oxygen atoms in total. The Balaban J connectivity index is 1.90. The number of rotatable bonds is 5. The third kappa shape index (κ3) is 3.17. The van der Waals surface area contributed by atoms with Crippen LogP contribution in [0.5, 0.6) is 11.5 Å². The first-order chi connectivity index (χ1) is 11.7. The number of methoxy groups -OCH3 is 2. The van der Waals surface area contributed by atoms with Crippen LogP contribution in [0.1, 0.15) is 27.8 Å². The maximum atomic E-state index is 12.8. The van der Waals surface area contributed by atoms with E-state index in [9.17, 15) is 4.79 Å². The van der Waals surface area contributed by atoms with Crippen LogP contribution in [0.4, 0.5) is 0 Å². The van der Waals surface area contributed by atoms with Crippen molar-refractivity contribution in [3.05, 3.63) is 57.6 Å². The summed E-state index contributed by atoms with van der Waals surface area (Å²) in [6, 6.07) is 10.6. The van der Waals surface area contributed by atoms with Gasteiger partial charge in [0, 0.05) is 11.1 Å². The molecule has 6 heteroatoms. The number of carbonyl (C=O) groups excluding carboxylic acids is 1. The lowest BCUT2D eigenvalue weighted by Crippen LogP contribution is -2.06.